The molecule has 132 valence electrons. The van der Waals surface area contributed by atoms with Crippen LogP contribution in [0.2, 0.25) is 0 Å². The largest absolute Gasteiger partial charge is 0.328 e. The second-order valence-electron chi connectivity index (χ2n) is 8.76. The van der Waals surface area contributed by atoms with Crippen molar-refractivity contribution in [1.82, 2.24) is 0 Å². The van der Waals surface area contributed by atoms with Crippen LogP contribution in [0.25, 0.3) is 0 Å². The fourth-order valence-electron chi connectivity index (χ4n) is 4.67. The average molecular weight is 310 g/mol. The molecule has 2 N–H and O–H groups in total. The molecular formula is C21H43N. The predicted molar refractivity (Wildman–Crippen MR) is 99.9 cm³/mol. The maximum absolute atomic E-state index is 6.25. The van der Waals surface area contributed by atoms with Crippen LogP contribution < -0.4 is 5.73 Å². The first-order valence-corrected chi connectivity index (χ1v) is 10.1. The molecule has 1 fully saturated rings. The van der Waals surface area contributed by atoms with Gasteiger partial charge in [-0.3, -0.25) is 0 Å². The van der Waals surface area contributed by atoms with Crippen LogP contribution in [0.1, 0.15) is 92.9 Å². The van der Waals surface area contributed by atoms with Crippen LogP contribution >= 0.6 is 0 Å². The summed E-state index contributed by atoms with van der Waals surface area (Å²) >= 11 is 0. The molecule has 1 aliphatic carbocycles. The lowest BCUT2D eigenvalue weighted by molar-refractivity contribution is 0.257. The quantitative estimate of drug-likeness (QED) is 0.506. The highest BCUT2D eigenvalue weighted by Crippen LogP contribution is 2.41. The number of rotatable bonds is 10. The Balaban J connectivity index is 2.29. The minimum atomic E-state index is 0.385. The fraction of sp³-hybridized carbons (Fsp3) is 1.00. The van der Waals surface area contributed by atoms with Crippen molar-refractivity contribution in [3.63, 3.8) is 0 Å². The van der Waals surface area contributed by atoms with Crippen LogP contribution in [0.5, 0.6) is 0 Å². The van der Waals surface area contributed by atoms with E-state index >= 15 is 0 Å². The molecule has 6 unspecified atom stereocenters. The average Bonchev–Trinajstić information content (AvgIpc) is 2.91. The molecule has 1 saturated carbocycles. The summed E-state index contributed by atoms with van der Waals surface area (Å²) in [6.45, 7) is 14.1. The Morgan fingerprint density at radius 3 is 2.23 bits per heavy atom. The molecule has 0 heterocycles. The van der Waals surface area contributed by atoms with Crippen LogP contribution in [0.15, 0.2) is 0 Å². The summed E-state index contributed by atoms with van der Waals surface area (Å²) in [5, 5.41) is 0. The third-order valence-corrected chi connectivity index (χ3v) is 6.71. The molecule has 22 heavy (non-hydrogen) atoms. The summed E-state index contributed by atoms with van der Waals surface area (Å²) < 4.78 is 0. The van der Waals surface area contributed by atoms with Crippen molar-refractivity contribution in [3.8, 4) is 0 Å². The van der Waals surface area contributed by atoms with Crippen molar-refractivity contribution in [2.75, 3.05) is 0 Å². The molecule has 0 aromatic rings. The highest BCUT2D eigenvalue weighted by Gasteiger charge is 2.31. The maximum atomic E-state index is 6.25. The Labute approximate surface area is 140 Å². The van der Waals surface area contributed by atoms with Crippen LogP contribution in [-0.2, 0) is 0 Å². The molecule has 0 aromatic heterocycles. The number of hydrogen-bond acceptors (Lipinski definition) is 1. The van der Waals surface area contributed by atoms with Crippen LogP contribution in [0.3, 0.4) is 0 Å². The second-order valence-corrected chi connectivity index (χ2v) is 8.76. The molecule has 0 aliphatic heterocycles. The summed E-state index contributed by atoms with van der Waals surface area (Å²) in [6.07, 6.45) is 11.3. The van der Waals surface area contributed by atoms with Gasteiger partial charge in [-0.05, 0) is 61.7 Å². The van der Waals surface area contributed by atoms with Crippen LogP contribution in [-0.4, -0.2) is 6.04 Å². The highest BCUT2D eigenvalue weighted by molar-refractivity contribution is 4.84. The normalized spacial score (nSPS) is 27.8. The second kappa shape index (κ2) is 9.96. The molecular weight excluding hydrogens is 266 g/mol. The summed E-state index contributed by atoms with van der Waals surface area (Å²) in [5.74, 6) is 5.25. The van der Waals surface area contributed by atoms with Gasteiger partial charge in [-0.2, -0.15) is 0 Å². The van der Waals surface area contributed by atoms with Gasteiger partial charge in [-0.15, -0.1) is 0 Å². The van der Waals surface area contributed by atoms with Crippen LogP contribution in [0.4, 0.5) is 0 Å². The van der Waals surface area contributed by atoms with Gasteiger partial charge in [0, 0.05) is 6.04 Å². The van der Waals surface area contributed by atoms with Crippen molar-refractivity contribution >= 4 is 0 Å². The Morgan fingerprint density at radius 2 is 1.68 bits per heavy atom. The zero-order chi connectivity index (χ0) is 16.7. The molecule has 0 bridgehead atoms. The van der Waals surface area contributed by atoms with E-state index in [0.29, 0.717) is 6.04 Å². The molecule has 6 atom stereocenters. The predicted octanol–water partition coefficient (Wildman–Crippen LogP) is 6.26. The lowest BCUT2D eigenvalue weighted by Crippen LogP contribution is -2.31. The molecule has 1 rings (SSSR count). The molecule has 1 nitrogen and oxygen atoms in total. The highest BCUT2D eigenvalue weighted by atomic mass is 14.6. The fourth-order valence-corrected chi connectivity index (χ4v) is 4.67. The van der Waals surface area contributed by atoms with Gasteiger partial charge in [-0.25, -0.2) is 0 Å². The van der Waals surface area contributed by atoms with Crippen molar-refractivity contribution in [2.24, 2.45) is 41.2 Å². The first-order valence-electron chi connectivity index (χ1n) is 10.1. The van der Waals surface area contributed by atoms with Crippen molar-refractivity contribution in [3.05, 3.63) is 0 Å². The van der Waals surface area contributed by atoms with Gasteiger partial charge in [0.2, 0.25) is 0 Å². The standard InChI is InChI=1S/C21H43N/c1-7-9-21(18(6)22)20-13-12-19(14-20)11-8-10-16(4)17(5)15(2)3/h15-21H,7-14,22H2,1-6H3. The minimum Gasteiger partial charge on any atom is -0.328 e. The summed E-state index contributed by atoms with van der Waals surface area (Å²) in [6, 6.07) is 0.385. The van der Waals surface area contributed by atoms with E-state index in [-0.39, 0.29) is 0 Å². The van der Waals surface area contributed by atoms with Crippen LogP contribution in [0, 0.1) is 35.5 Å². The molecule has 0 aromatic carbocycles. The monoisotopic (exact) mass is 309 g/mol. The zero-order valence-corrected chi connectivity index (χ0v) is 16.3. The molecule has 1 aliphatic rings. The van der Waals surface area contributed by atoms with E-state index in [2.05, 4.69) is 41.5 Å². The van der Waals surface area contributed by atoms with E-state index in [4.69, 9.17) is 5.73 Å². The van der Waals surface area contributed by atoms with Gasteiger partial charge in [0.25, 0.3) is 0 Å². The molecule has 0 radical (unpaired) electrons. The number of nitrogens with two attached hydrogens (primary N) is 1. The van der Waals surface area contributed by atoms with E-state index < -0.39 is 0 Å². The van der Waals surface area contributed by atoms with Gasteiger partial charge < -0.3 is 5.73 Å². The van der Waals surface area contributed by atoms with Crippen molar-refractivity contribution in [2.45, 2.75) is 99.0 Å². The minimum absolute atomic E-state index is 0.385. The summed E-state index contributed by atoms with van der Waals surface area (Å²) in [4.78, 5) is 0. The van der Waals surface area contributed by atoms with Crippen molar-refractivity contribution < 1.29 is 0 Å². The smallest absolute Gasteiger partial charge is 0.00414 e. The lowest BCUT2D eigenvalue weighted by Gasteiger charge is -2.27. The third kappa shape index (κ3) is 6.22. The van der Waals surface area contributed by atoms with Crippen molar-refractivity contribution in [1.29, 1.82) is 0 Å². The van der Waals surface area contributed by atoms with E-state index in [1.54, 1.807) is 0 Å². The molecule has 0 spiro atoms. The van der Waals surface area contributed by atoms with Gasteiger partial charge in [0.05, 0.1) is 0 Å². The van der Waals surface area contributed by atoms with Gasteiger partial charge >= 0.3 is 0 Å². The molecule has 1 heteroatoms. The Morgan fingerprint density at radius 1 is 1.00 bits per heavy atom. The SMILES string of the molecule is CCCC(C(C)N)C1CCC(CCCC(C)C(C)C(C)C)C1. The first-order chi connectivity index (χ1) is 10.4. The van der Waals surface area contributed by atoms with E-state index in [1.165, 1.54) is 51.4 Å². The first kappa shape index (κ1) is 20.0. The maximum Gasteiger partial charge on any atom is 0.00414 e. The molecule has 0 amide bonds. The Hall–Kier alpha value is -0.0400. The number of hydrogen-bond donors (Lipinski definition) is 1. The van der Waals surface area contributed by atoms with E-state index in [1.807, 2.05) is 0 Å². The Kier molecular flexibility index (Phi) is 9.05. The van der Waals surface area contributed by atoms with E-state index in [0.717, 1.165) is 35.5 Å². The Bertz CT molecular complexity index is 284. The third-order valence-electron chi connectivity index (χ3n) is 6.71. The zero-order valence-electron chi connectivity index (χ0n) is 16.3. The van der Waals surface area contributed by atoms with E-state index in [9.17, 15) is 0 Å². The van der Waals surface area contributed by atoms with Gasteiger partial charge in [0.15, 0.2) is 0 Å². The lowest BCUT2D eigenvalue weighted by atomic mass is 9.81. The van der Waals surface area contributed by atoms with Gasteiger partial charge in [0.1, 0.15) is 0 Å². The van der Waals surface area contributed by atoms with Gasteiger partial charge in [-0.1, -0.05) is 66.7 Å². The topological polar surface area (TPSA) is 26.0 Å². The summed E-state index contributed by atoms with van der Waals surface area (Å²) in [5.41, 5.74) is 6.25. The summed E-state index contributed by atoms with van der Waals surface area (Å²) in [7, 11) is 0. The molecule has 0 saturated heterocycles.